The fraction of sp³-hybridized carbons (Fsp3) is 0.210. The van der Waals surface area contributed by atoms with E-state index in [0.717, 1.165) is 95.9 Å². The van der Waals surface area contributed by atoms with Gasteiger partial charge in [-0.25, -0.2) is 48.9 Å². The number of halogens is 1. The van der Waals surface area contributed by atoms with E-state index in [1.165, 1.54) is 0 Å². The van der Waals surface area contributed by atoms with Crippen molar-refractivity contribution in [1.29, 1.82) is 0 Å². The Morgan fingerprint density at radius 3 is 1.08 bits per heavy atom. The molecule has 149 heavy (non-hydrogen) atoms. The van der Waals surface area contributed by atoms with Crippen LogP contribution in [0.1, 0.15) is 154 Å². The molecule has 44 heteroatoms. The molecule has 0 fully saturated rings. The van der Waals surface area contributed by atoms with Crippen molar-refractivity contribution in [3.8, 4) is 121 Å². The Labute approximate surface area is 867 Å². The number of ether oxygens (including phenoxy) is 9. The Balaban J connectivity index is 0.000000128. The first kappa shape index (κ1) is 104. The van der Waals surface area contributed by atoms with Gasteiger partial charge in [-0.3, -0.25) is 41.3 Å². The predicted molar refractivity (Wildman–Crippen MR) is 552 cm³/mol. The maximum absolute atomic E-state index is 12.6. The van der Waals surface area contributed by atoms with E-state index in [-0.39, 0.29) is 61.6 Å². The third kappa shape index (κ3) is 22.9. The van der Waals surface area contributed by atoms with Crippen molar-refractivity contribution in [2.24, 2.45) is 4.30 Å². The van der Waals surface area contributed by atoms with Crippen LogP contribution < -0.4 is 24.3 Å². The first-order valence-electron chi connectivity index (χ1n) is 46.8. The normalized spacial score (nSPS) is 11.6. The number of esters is 5. The van der Waals surface area contributed by atoms with Crippen LogP contribution in [0.25, 0.3) is 74.0 Å². The monoisotopic (exact) mass is 2090 g/mol. The van der Waals surface area contributed by atoms with Crippen LogP contribution in [0.3, 0.4) is 0 Å². The topological polar surface area (TPSA) is 462 Å². The van der Waals surface area contributed by atoms with Gasteiger partial charge < -0.3 is 62.7 Å². The second-order valence-electron chi connectivity index (χ2n) is 33.2. The molecule has 18 aromatic rings. The molecule has 41 nitrogen and oxygen atoms in total. The van der Waals surface area contributed by atoms with Gasteiger partial charge in [-0.2, -0.15) is 0 Å². The molecule has 1 radical (unpaired) electrons. The molecule has 1 amide bonds. The number of phenols is 2. The summed E-state index contributed by atoms with van der Waals surface area (Å²) >= 11 is 6.62. The van der Waals surface area contributed by atoms with Gasteiger partial charge in [-0.1, -0.05) is 117 Å². The molecule has 0 saturated carbocycles. The van der Waals surface area contributed by atoms with E-state index in [9.17, 15) is 28.8 Å². The Bertz CT molecular complexity index is 7980. The molecule has 0 spiro atoms. The van der Waals surface area contributed by atoms with Crippen molar-refractivity contribution in [3.05, 3.63) is 333 Å². The third-order valence-electron chi connectivity index (χ3n) is 23.4. The Morgan fingerprint density at radius 1 is 0.369 bits per heavy atom. The van der Waals surface area contributed by atoms with Gasteiger partial charge in [0.15, 0.2) is 51.8 Å². The standard InChI is InChI=1S/C23H21N5O4.C22H19N5O3.C16H14BrN5O2.C16H15N5O2.C15H15N3O3.C7H8O2.C6H6O.BHNS/c1-4-31-22(29)20-19-12-27-21(17-10-14(2)8-9-18(17)28(19)13-24-20)25-26-23(27)32-16-7-5-6-15(11-16)30-3;1-3-29-21(28)19-18-12-26-20(24-25-22(26)30-15-7-5-4-6-8-15)16-11-14(2)9-10-17(16)27(18)13-23-19;1-3-24-15(23)13-12-7-21-14(19-20-16(21)17)10-6-9(2)4-5-11(10)22(12)8-18-13;1-3-23-16(22)14-13-7-20-9-18-19-15(20)11-6-10(2)4-5-12(11)21(13)8-17-14;1-3-21-15(20)13-12-7-16-14(19)10-6-9(2)4-5-11(10)18(12)8-17-13;1-9-7-4-2-3-6(8)5-7;7-6-4-2-1-3-5-6;1-2-3/h5-11,13H,4,12H2,1-3H3;4-11,13H,3,12H2,1-2H3;4-6,8H,3,7H2,1-2H3;4-6,8-9H,3,7H2,1-2H3;4-6,8H,3,7H2,1-2H3,(H,16,19);2-5,8H,1H3;1-5,7H;3H. The zero-order chi connectivity index (χ0) is 105. The number of para-hydroxylation sites is 2. The average Bonchev–Trinajstić information content (AvgIpc) is 1.63. The number of rotatable bonds is 16. The molecular formula is C105H99BBrN24O17S. The van der Waals surface area contributed by atoms with Gasteiger partial charge in [0.2, 0.25) is 4.73 Å². The van der Waals surface area contributed by atoms with Gasteiger partial charge in [-0.05, 0) is 194 Å². The minimum absolute atomic E-state index is 0.160. The van der Waals surface area contributed by atoms with Gasteiger partial charge in [0.25, 0.3) is 5.91 Å². The van der Waals surface area contributed by atoms with E-state index in [2.05, 4.69) is 124 Å². The number of benzene rings is 9. The summed E-state index contributed by atoms with van der Waals surface area (Å²) in [6.07, 6.45) is 9.82. The number of nitrogens with zero attached hydrogens (tertiary/aromatic N) is 23. The zero-order valence-electron chi connectivity index (χ0n) is 82.8. The Morgan fingerprint density at radius 2 is 0.691 bits per heavy atom. The summed E-state index contributed by atoms with van der Waals surface area (Å²) in [4.78, 5) is 95.0. The number of carbonyl (C=O) groups excluding carboxylic acids is 6. The number of aryl methyl sites for hydroxylation is 5. The molecule has 14 heterocycles. The van der Waals surface area contributed by atoms with Crippen molar-refractivity contribution in [2.45, 2.75) is 102 Å². The molecule has 0 saturated heterocycles. The first-order valence-corrected chi connectivity index (χ1v) is 48.0. The first-order chi connectivity index (χ1) is 72.3. The van der Waals surface area contributed by atoms with Crippen LogP contribution in [0, 0.1) is 34.6 Å². The van der Waals surface area contributed by atoms with Crippen LogP contribution in [0.4, 0.5) is 0 Å². The van der Waals surface area contributed by atoms with Crippen LogP contribution >= 0.6 is 28.7 Å². The molecule has 757 valence electrons. The molecule has 0 aliphatic carbocycles. The molecule has 0 atom stereocenters. The van der Waals surface area contributed by atoms with Crippen LogP contribution in [-0.4, -0.2) is 208 Å². The molecule has 5 aliphatic heterocycles. The van der Waals surface area contributed by atoms with E-state index >= 15 is 0 Å². The van der Waals surface area contributed by atoms with Crippen molar-refractivity contribution in [2.75, 3.05) is 47.3 Å². The van der Waals surface area contributed by atoms with Gasteiger partial charge in [0.05, 0.1) is 142 Å². The fourth-order valence-corrected chi connectivity index (χ4v) is 17.0. The molecule has 23 rings (SSSR count). The third-order valence-corrected chi connectivity index (χ3v) is 24.0. The molecule has 0 bridgehead atoms. The van der Waals surface area contributed by atoms with E-state index < -0.39 is 29.8 Å². The van der Waals surface area contributed by atoms with E-state index in [4.69, 9.17) is 52.8 Å². The number of carbonyl (C=O) groups is 6. The number of phenolic OH excluding ortho intramolecular Hbond substituents is 2. The van der Waals surface area contributed by atoms with Crippen molar-refractivity contribution in [3.63, 3.8) is 0 Å². The Hall–Kier alpha value is -18.1. The number of hydrogen-bond donors (Lipinski definition) is 4. The molecule has 9 aromatic carbocycles. The quantitative estimate of drug-likeness (QED) is 0.0302. The fourth-order valence-electron chi connectivity index (χ4n) is 16.6. The number of methoxy groups -OCH3 is 2. The molecule has 5 aliphatic rings. The van der Waals surface area contributed by atoms with Gasteiger partial charge in [0.1, 0.15) is 72.5 Å². The predicted octanol–water partition coefficient (Wildman–Crippen LogP) is 16.8. The summed E-state index contributed by atoms with van der Waals surface area (Å²) in [6, 6.07) is 62.5. The number of imidazole rings is 5. The molecule has 9 aromatic heterocycles. The number of fused-ring (bicyclic) bond motifs is 23. The molecule has 3 N–H and O–H groups in total. The van der Waals surface area contributed by atoms with Crippen molar-refractivity contribution >= 4 is 72.1 Å². The van der Waals surface area contributed by atoms with Gasteiger partial charge >= 0.3 is 66.6 Å². The molecule has 0 unspecified atom stereocenters. The van der Waals surface area contributed by atoms with Crippen LogP contribution in [-0.2, 0) is 56.4 Å². The van der Waals surface area contributed by atoms with Gasteiger partial charge in [-0.15, -0.1) is 30.6 Å². The summed E-state index contributed by atoms with van der Waals surface area (Å²) in [6.45, 7) is 22.0. The number of hydrogen-bond acceptors (Lipinski definition) is 32. The summed E-state index contributed by atoms with van der Waals surface area (Å²) in [5, 5.41) is 54.3. The summed E-state index contributed by atoms with van der Waals surface area (Å²) in [5.74, 6) is 3.55. The number of aromatic hydroxyl groups is 2. The molecular weight excluding hydrogens is 1990 g/mol. The van der Waals surface area contributed by atoms with Crippen LogP contribution in [0.2, 0.25) is 0 Å². The number of aromatic nitrogens is 22. The van der Waals surface area contributed by atoms with Crippen LogP contribution in [0.5, 0.6) is 46.5 Å². The maximum atomic E-state index is 12.6. The summed E-state index contributed by atoms with van der Waals surface area (Å²) in [5.41, 5.74) is 18.9. The SMILES string of the molecule is CCOC(=O)c1ncn2c1CNC(=O)c1cc(C)ccc1-2.CCOC(=O)c1ncn2c1Cn1c(Br)nnc1-c1cc(C)ccc1-2.CCOC(=O)c1ncn2c1Cn1c(Oc3cccc(OC)c3)nnc1-c1cc(C)ccc1-2.CCOC(=O)c1ncn2c1Cn1c(Oc3ccccc3)nnc1-c1cc(C)ccc1-2.CCOC(=O)c1ncn2c1Cn1cnnc1-c1cc(C)ccc1-2.COc1cccc(O)c1.Oc1ccccc1.[B]=NS. The average molecular weight is 2090 g/mol. The van der Waals surface area contributed by atoms with Crippen molar-refractivity contribution < 1.29 is 81.6 Å². The summed E-state index contributed by atoms with van der Waals surface area (Å²) in [7, 11) is 7.50. The van der Waals surface area contributed by atoms with E-state index in [0.29, 0.717) is 130 Å². The minimum atomic E-state index is -0.476. The number of nitrogens with one attached hydrogen (secondary N) is 1. The van der Waals surface area contributed by atoms with Crippen LogP contribution in [0.15, 0.2) is 247 Å². The second-order valence-corrected chi connectivity index (χ2v) is 34.2. The zero-order valence-corrected chi connectivity index (χ0v) is 85.3. The second kappa shape index (κ2) is 47.2. The van der Waals surface area contributed by atoms with Gasteiger partial charge in [0, 0.05) is 34.4 Å². The number of amides is 1. The van der Waals surface area contributed by atoms with E-state index in [1.807, 2.05) is 205 Å². The Kier molecular flexibility index (Phi) is 32.9. The van der Waals surface area contributed by atoms with E-state index in [1.54, 1.807) is 146 Å². The van der Waals surface area contributed by atoms with Crippen molar-refractivity contribution in [1.82, 2.24) is 112 Å². The number of thiol groups is 1. The summed E-state index contributed by atoms with van der Waals surface area (Å²) < 4.78 is 68.1.